The molecule has 0 fully saturated rings. The van der Waals surface area contributed by atoms with E-state index in [1.807, 2.05) is 0 Å². The van der Waals surface area contributed by atoms with Gasteiger partial charge in [-0.25, -0.2) is 0 Å². The third kappa shape index (κ3) is 3.64. The number of thioether (sulfide) groups is 1. The Morgan fingerprint density at radius 2 is 2.30 bits per heavy atom. The highest BCUT2D eigenvalue weighted by Crippen LogP contribution is 2.25. The van der Waals surface area contributed by atoms with Gasteiger partial charge in [0.2, 0.25) is 0 Å². The Balaban J connectivity index is 2.17. The molecule has 1 aliphatic rings. The Morgan fingerprint density at radius 3 is 2.95 bits per heavy atom. The van der Waals surface area contributed by atoms with E-state index in [1.165, 1.54) is 18.9 Å². The van der Waals surface area contributed by atoms with Crippen molar-refractivity contribution >= 4 is 22.8 Å². The van der Waals surface area contributed by atoms with Gasteiger partial charge >= 0.3 is 0 Å². The Labute approximate surface area is 121 Å². The van der Waals surface area contributed by atoms with Crippen molar-refractivity contribution in [1.29, 1.82) is 0 Å². The third-order valence-electron chi connectivity index (χ3n) is 2.57. The summed E-state index contributed by atoms with van der Waals surface area (Å²) in [6.07, 6.45) is 0. The first kappa shape index (κ1) is 14.7. The summed E-state index contributed by atoms with van der Waals surface area (Å²) in [6, 6.07) is 5.01. The second kappa shape index (κ2) is 7.16. The highest BCUT2D eigenvalue weighted by molar-refractivity contribution is 8.14. The molecule has 0 aliphatic carbocycles. The fraction of sp³-hybridized carbons (Fsp3) is 0.385. The van der Waals surface area contributed by atoms with E-state index in [0.29, 0.717) is 22.2 Å². The minimum atomic E-state index is -0.257. The molecule has 1 aromatic rings. The first-order chi connectivity index (χ1) is 9.74. The maximum absolute atomic E-state index is 12.2. The van der Waals surface area contributed by atoms with Crippen LogP contribution in [0.15, 0.2) is 23.2 Å². The second-order valence-corrected chi connectivity index (χ2v) is 4.99. The average molecular weight is 296 g/mol. The number of carbonyl (C=O) groups excluding carboxylic acids is 1. The number of hydrogen-bond donors (Lipinski definition) is 1. The Morgan fingerprint density at radius 1 is 1.45 bits per heavy atom. The largest absolute Gasteiger partial charge is 0.497 e. The van der Waals surface area contributed by atoms with Crippen LogP contribution in [0.25, 0.3) is 0 Å². The topological polar surface area (TPSA) is 69.2 Å². The highest BCUT2D eigenvalue weighted by atomic mass is 32.2. The van der Waals surface area contributed by atoms with Crippen LogP contribution in [0.1, 0.15) is 10.4 Å². The summed E-state index contributed by atoms with van der Waals surface area (Å²) < 4.78 is 15.4. The number of rotatable bonds is 5. The molecule has 0 radical (unpaired) electrons. The molecule has 7 heteroatoms. The number of nitrogens with zero attached hydrogens (tertiary/aromatic N) is 1. The molecule has 108 valence electrons. The summed E-state index contributed by atoms with van der Waals surface area (Å²) in [5.41, 5.74) is 0.415. The van der Waals surface area contributed by atoms with Gasteiger partial charge in [-0.15, -0.1) is 0 Å². The van der Waals surface area contributed by atoms with Crippen molar-refractivity contribution in [2.75, 3.05) is 33.3 Å². The van der Waals surface area contributed by atoms with E-state index in [1.54, 1.807) is 25.3 Å². The molecule has 0 aromatic heterocycles. The number of hydrogen-bond acceptors (Lipinski definition) is 6. The molecular weight excluding hydrogens is 280 g/mol. The van der Waals surface area contributed by atoms with Gasteiger partial charge in [0.15, 0.2) is 12.0 Å². The minimum absolute atomic E-state index is 0.0587. The number of ether oxygens (including phenoxy) is 3. The lowest BCUT2D eigenvalue weighted by molar-refractivity contribution is 0.0500. The highest BCUT2D eigenvalue weighted by Gasteiger charge is 2.17. The number of amidine groups is 1. The lowest BCUT2D eigenvalue weighted by Crippen LogP contribution is -2.27. The van der Waals surface area contributed by atoms with Crippen molar-refractivity contribution in [2.24, 2.45) is 4.99 Å². The fourth-order valence-corrected chi connectivity index (χ4v) is 2.36. The molecule has 1 amide bonds. The number of aliphatic imine (C=N–C) groups is 1. The zero-order valence-electron chi connectivity index (χ0n) is 11.3. The lowest BCUT2D eigenvalue weighted by Gasteiger charge is -2.12. The molecule has 1 heterocycles. The first-order valence-electron chi connectivity index (χ1n) is 6.03. The quantitative estimate of drug-likeness (QED) is 0.834. The van der Waals surface area contributed by atoms with Crippen LogP contribution in [-0.4, -0.2) is 44.4 Å². The molecule has 0 spiro atoms. The molecule has 0 atom stereocenters. The van der Waals surface area contributed by atoms with Crippen LogP contribution in [0.4, 0.5) is 0 Å². The summed E-state index contributed by atoms with van der Waals surface area (Å²) in [5.74, 6) is 1.66. The maximum atomic E-state index is 12.2. The van der Waals surface area contributed by atoms with Crippen LogP contribution in [0.3, 0.4) is 0 Å². The van der Waals surface area contributed by atoms with Gasteiger partial charge in [-0.05, 0) is 12.1 Å². The predicted octanol–water partition coefficient (Wildman–Crippen LogP) is 1.51. The summed E-state index contributed by atoms with van der Waals surface area (Å²) in [5, 5.41) is 3.40. The lowest BCUT2D eigenvalue weighted by atomic mass is 10.2. The standard InChI is InChI=1S/C13H16N2O4S/c1-17-8-19-11-7-9(18-2)3-4-10(11)12(16)15-13-14-5-6-20-13/h3-4,7H,5-6,8H2,1-2H3,(H,14,15,16). The van der Waals surface area contributed by atoms with Gasteiger partial charge in [0.1, 0.15) is 11.5 Å². The maximum Gasteiger partial charge on any atom is 0.260 e. The van der Waals surface area contributed by atoms with Crippen LogP contribution < -0.4 is 14.8 Å². The molecule has 20 heavy (non-hydrogen) atoms. The molecule has 6 nitrogen and oxygen atoms in total. The number of nitrogens with one attached hydrogen (secondary N) is 1. The van der Waals surface area contributed by atoms with E-state index in [4.69, 9.17) is 14.2 Å². The normalized spacial score (nSPS) is 13.8. The Hall–Kier alpha value is -1.73. The number of methoxy groups -OCH3 is 2. The SMILES string of the molecule is COCOc1cc(OC)ccc1C(=O)NC1=NCCS1. The summed E-state index contributed by atoms with van der Waals surface area (Å²) in [7, 11) is 3.07. The van der Waals surface area contributed by atoms with Crippen molar-refractivity contribution in [3.8, 4) is 11.5 Å². The molecule has 2 rings (SSSR count). The van der Waals surface area contributed by atoms with Crippen molar-refractivity contribution in [3.05, 3.63) is 23.8 Å². The molecule has 0 unspecified atom stereocenters. The minimum Gasteiger partial charge on any atom is -0.497 e. The summed E-state index contributed by atoms with van der Waals surface area (Å²) in [6.45, 7) is 0.791. The van der Waals surface area contributed by atoms with E-state index in [2.05, 4.69) is 10.3 Å². The van der Waals surface area contributed by atoms with Crippen LogP contribution >= 0.6 is 11.8 Å². The molecule has 1 N–H and O–H groups in total. The van der Waals surface area contributed by atoms with Crippen LogP contribution in [0, 0.1) is 0 Å². The molecule has 0 saturated carbocycles. The monoisotopic (exact) mass is 296 g/mol. The van der Waals surface area contributed by atoms with E-state index in [-0.39, 0.29) is 12.7 Å². The van der Waals surface area contributed by atoms with E-state index in [9.17, 15) is 4.79 Å². The molecule has 0 bridgehead atoms. The van der Waals surface area contributed by atoms with Gasteiger partial charge in [0.05, 0.1) is 19.2 Å². The van der Waals surface area contributed by atoms with Crippen LogP contribution in [-0.2, 0) is 4.74 Å². The number of amides is 1. The van der Waals surface area contributed by atoms with Crippen molar-refractivity contribution < 1.29 is 19.0 Å². The van der Waals surface area contributed by atoms with Crippen molar-refractivity contribution in [2.45, 2.75) is 0 Å². The Bertz CT molecular complexity index is 519. The zero-order valence-corrected chi connectivity index (χ0v) is 12.2. The predicted molar refractivity (Wildman–Crippen MR) is 77.7 cm³/mol. The van der Waals surface area contributed by atoms with Gasteiger partial charge < -0.3 is 19.5 Å². The van der Waals surface area contributed by atoms with Crippen LogP contribution in [0.2, 0.25) is 0 Å². The van der Waals surface area contributed by atoms with Crippen LogP contribution in [0.5, 0.6) is 11.5 Å². The van der Waals surface area contributed by atoms with Gasteiger partial charge in [-0.1, -0.05) is 11.8 Å². The average Bonchev–Trinajstić information content (AvgIpc) is 2.97. The van der Waals surface area contributed by atoms with Gasteiger partial charge in [-0.3, -0.25) is 9.79 Å². The summed E-state index contributed by atoms with van der Waals surface area (Å²) >= 11 is 1.52. The molecule has 1 aliphatic heterocycles. The molecule has 1 aromatic carbocycles. The smallest absolute Gasteiger partial charge is 0.260 e. The van der Waals surface area contributed by atoms with Gasteiger partial charge in [0, 0.05) is 18.9 Å². The zero-order chi connectivity index (χ0) is 14.4. The third-order valence-corrected chi connectivity index (χ3v) is 3.46. The summed E-state index contributed by atoms with van der Waals surface area (Å²) in [4.78, 5) is 16.4. The number of benzene rings is 1. The van der Waals surface area contributed by atoms with Crippen molar-refractivity contribution in [1.82, 2.24) is 5.32 Å². The second-order valence-electron chi connectivity index (χ2n) is 3.90. The van der Waals surface area contributed by atoms with E-state index >= 15 is 0 Å². The van der Waals surface area contributed by atoms with Gasteiger partial charge in [-0.2, -0.15) is 0 Å². The molecular formula is C13H16N2O4S. The first-order valence-corrected chi connectivity index (χ1v) is 7.01. The van der Waals surface area contributed by atoms with Crippen molar-refractivity contribution in [3.63, 3.8) is 0 Å². The van der Waals surface area contributed by atoms with E-state index in [0.717, 1.165) is 12.3 Å². The van der Waals surface area contributed by atoms with Gasteiger partial charge in [0.25, 0.3) is 5.91 Å². The van der Waals surface area contributed by atoms with E-state index < -0.39 is 0 Å². The Kier molecular flexibility index (Phi) is 5.25. The fourth-order valence-electron chi connectivity index (χ4n) is 1.63. The number of carbonyl (C=O) groups is 1. The molecule has 0 saturated heterocycles.